The molecule has 2 aliphatic heterocycles. The van der Waals surface area contributed by atoms with Crippen molar-refractivity contribution in [2.24, 2.45) is 16.5 Å². The number of carbonyl (C=O) groups excluding carboxylic acids is 4. The molecule has 11 nitrogen and oxygen atoms in total. The van der Waals surface area contributed by atoms with Crippen molar-refractivity contribution in [2.75, 3.05) is 19.6 Å². The second kappa shape index (κ2) is 13.5. The van der Waals surface area contributed by atoms with Crippen LogP contribution in [-0.4, -0.2) is 82.0 Å². The van der Waals surface area contributed by atoms with Gasteiger partial charge in [-0.1, -0.05) is 37.3 Å². The van der Waals surface area contributed by atoms with Crippen molar-refractivity contribution in [2.45, 2.75) is 70.0 Å². The van der Waals surface area contributed by atoms with Gasteiger partial charge in [-0.2, -0.15) is 0 Å². The average molecular weight is 568 g/mol. The monoisotopic (exact) mass is 567 g/mol. The van der Waals surface area contributed by atoms with E-state index < -0.39 is 12.1 Å². The molecule has 2 aromatic rings. The third-order valence-electron chi connectivity index (χ3n) is 7.38. The van der Waals surface area contributed by atoms with Gasteiger partial charge in [-0.25, -0.2) is 4.98 Å². The molecule has 3 heterocycles. The van der Waals surface area contributed by atoms with Crippen molar-refractivity contribution in [3.8, 4) is 0 Å². The summed E-state index contributed by atoms with van der Waals surface area (Å²) in [6.07, 6.45) is 3.54. The van der Waals surface area contributed by atoms with E-state index in [2.05, 4.69) is 15.3 Å². The molecule has 0 bridgehead atoms. The van der Waals surface area contributed by atoms with Gasteiger partial charge in [-0.3, -0.25) is 24.2 Å². The highest BCUT2D eigenvalue weighted by Gasteiger charge is 2.46. The van der Waals surface area contributed by atoms with Crippen LogP contribution >= 0.6 is 11.3 Å². The topological polar surface area (TPSA) is 164 Å². The number of amides is 3. The van der Waals surface area contributed by atoms with Crippen molar-refractivity contribution < 1.29 is 19.2 Å². The molecule has 2 aliphatic rings. The number of carbonyl (C=O) groups is 4. The summed E-state index contributed by atoms with van der Waals surface area (Å²) in [6, 6.07) is 8.05. The highest BCUT2D eigenvalue weighted by atomic mass is 32.1. The van der Waals surface area contributed by atoms with Gasteiger partial charge in [0.1, 0.15) is 6.04 Å². The summed E-state index contributed by atoms with van der Waals surface area (Å²) in [7, 11) is 0. The molecule has 40 heavy (non-hydrogen) atoms. The fourth-order valence-electron chi connectivity index (χ4n) is 5.28. The standard InChI is InChI=1S/C28H37N7O4S/c1-2-19-17-40-27(32-19)25(38)21(9-6-14-31-28(29)30)33-26(39)22-12-11-20-15-34(16-24(37)35(20)22)23(36)13-10-18-7-4-3-5-8-18/h3-5,7-8,17,20-22H,2,6,9-16H2,1H3,(H,33,39)(H4,29,30,31)/t20-,21?,22?/m0/s1. The van der Waals surface area contributed by atoms with Crippen LogP contribution in [0.5, 0.6) is 0 Å². The maximum Gasteiger partial charge on any atom is 0.243 e. The van der Waals surface area contributed by atoms with E-state index >= 15 is 0 Å². The summed E-state index contributed by atoms with van der Waals surface area (Å²) in [5.74, 6) is -0.978. The van der Waals surface area contributed by atoms with Gasteiger partial charge in [-0.05, 0) is 44.1 Å². The van der Waals surface area contributed by atoms with Crippen LogP contribution in [0.2, 0.25) is 0 Å². The Morgan fingerprint density at radius 2 is 1.98 bits per heavy atom. The normalized spacial score (nSPS) is 19.2. The Labute approximate surface area is 238 Å². The second-order valence-corrected chi connectivity index (χ2v) is 11.0. The number of fused-ring (bicyclic) bond motifs is 1. The Balaban J connectivity index is 1.38. The molecule has 3 amide bonds. The number of rotatable bonds is 12. The number of Topliss-reactive ketones (excluding diaryl/α,β-unsaturated/α-hetero) is 1. The minimum absolute atomic E-state index is 0.0346. The summed E-state index contributed by atoms with van der Waals surface area (Å²) in [5.41, 5.74) is 12.7. The summed E-state index contributed by atoms with van der Waals surface area (Å²) < 4.78 is 0. The number of aromatic nitrogens is 1. The number of benzene rings is 1. The van der Waals surface area contributed by atoms with Crippen molar-refractivity contribution in [3.05, 3.63) is 52.0 Å². The van der Waals surface area contributed by atoms with Crippen molar-refractivity contribution >= 4 is 40.8 Å². The van der Waals surface area contributed by atoms with Crippen molar-refractivity contribution in [1.29, 1.82) is 0 Å². The van der Waals surface area contributed by atoms with E-state index in [1.165, 1.54) is 11.3 Å². The van der Waals surface area contributed by atoms with Gasteiger partial charge in [0, 0.05) is 24.9 Å². The Morgan fingerprint density at radius 3 is 2.67 bits per heavy atom. The third kappa shape index (κ3) is 7.23. The van der Waals surface area contributed by atoms with Gasteiger partial charge in [0.05, 0.1) is 24.3 Å². The maximum absolute atomic E-state index is 13.4. The van der Waals surface area contributed by atoms with Gasteiger partial charge in [0.2, 0.25) is 23.5 Å². The van der Waals surface area contributed by atoms with Crippen LogP contribution in [0.3, 0.4) is 0 Å². The lowest BCUT2D eigenvalue weighted by Gasteiger charge is -2.39. The number of thiazole rings is 1. The first-order valence-corrected chi connectivity index (χ1v) is 14.6. The van der Waals surface area contributed by atoms with Gasteiger partial charge < -0.3 is 26.6 Å². The van der Waals surface area contributed by atoms with Crippen LogP contribution < -0.4 is 16.8 Å². The lowest BCUT2D eigenvalue weighted by molar-refractivity contribution is -0.151. The minimum atomic E-state index is -0.812. The number of hydrogen-bond donors (Lipinski definition) is 3. The maximum atomic E-state index is 13.4. The zero-order valence-corrected chi connectivity index (χ0v) is 23.6. The van der Waals surface area contributed by atoms with Gasteiger partial charge in [0.25, 0.3) is 0 Å². The lowest BCUT2D eigenvalue weighted by Crippen LogP contribution is -2.60. The number of ketones is 1. The van der Waals surface area contributed by atoms with Crippen LogP contribution in [-0.2, 0) is 27.2 Å². The zero-order valence-electron chi connectivity index (χ0n) is 22.8. The molecule has 2 unspecified atom stereocenters. The predicted octanol–water partition coefficient (Wildman–Crippen LogP) is 1.26. The van der Waals surface area contributed by atoms with Crippen LogP contribution in [0.15, 0.2) is 40.7 Å². The molecule has 0 radical (unpaired) electrons. The van der Waals surface area contributed by atoms with Gasteiger partial charge in [-0.15, -0.1) is 11.3 Å². The van der Waals surface area contributed by atoms with Crippen LogP contribution in [0.25, 0.3) is 0 Å². The first-order valence-electron chi connectivity index (χ1n) is 13.7. The number of aryl methyl sites for hydroxylation is 2. The number of hydrogen-bond acceptors (Lipinski definition) is 7. The first kappa shape index (κ1) is 29.2. The number of guanidine groups is 1. The molecule has 0 saturated carbocycles. The molecule has 1 aromatic heterocycles. The number of nitrogens with one attached hydrogen (secondary N) is 1. The average Bonchev–Trinajstić information content (AvgIpc) is 3.61. The highest BCUT2D eigenvalue weighted by molar-refractivity contribution is 7.11. The summed E-state index contributed by atoms with van der Waals surface area (Å²) >= 11 is 1.26. The number of nitrogens with zero attached hydrogens (tertiary/aromatic N) is 4. The fraction of sp³-hybridized carbons (Fsp3) is 0.500. The molecule has 3 atom stereocenters. The molecular weight excluding hydrogens is 530 g/mol. The largest absolute Gasteiger partial charge is 0.370 e. The van der Waals surface area contributed by atoms with E-state index in [4.69, 9.17) is 11.5 Å². The molecular formula is C28H37N7O4S. The molecule has 4 rings (SSSR count). The van der Waals surface area contributed by atoms with Crippen LogP contribution in [0, 0.1) is 0 Å². The van der Waals surface area contributed by atoms with E-state index in [9.17, 15) is 19.2 Å². The Hall–Kier alpha value is -3.80. The van der Waals surface area contributed by atoms with E-state index in [1.54, 1.807) is 9.80 Å². The number of piperazine rings is 1. The SMILES string of the molecule is CCc1csc(C(=O)C(CCCN=C(N)N)NC(=O)C2CC[C@H]3CN(C(=O)CCc4ccccc4)CC(=O)N23)n1. The van der Waals surface area contributed by atoms with Crippen LogP contribution in [0.4, 0.5) is 0 Å². The first-order chi connectivity index (χ1) is 19.3. The highest BCUT2D eigenvalue weighted by Crippen LogP contribution is 2.29. The van der Waals surface area contributed by atoms with Crippen molar-refractivity contribution in [1.82, 2.24) is 20.1 Å². The lowest BCUT2D eigenvalue weighted by atomic mass is 10.1. The molecule has 5 N–H and O–H groups in total. The summed E-state index contributed by atoms with van der Waals surface area (Å²) in [5, 5.41) is 5.07. The Kier molecular flexibility index (Phi) is 9.86. The molecule has 12 heteroatoms. The quantitative estimate of drug-likeness (QED) is 0.150. The molecule has 214 valence electrons. The van der Waals surface area contributed by atoms with Crippen LogP contribution in [0.1, 0.15) is 60.1 Å². The molecule has 1 aromatic carbocycles. The minimum Gasteiger partial charge on any atom is -0.370 e. The van der Waals surface area contributed by atoms with Gasteiger partial charge in [0.15, 0.2) is 11.0 Å². The van der Waals surface area contributed by atoms with E-state index in [0.29, 0.717) is 63.0 Å². The number of aliphatic imine (C=N–C) groups is 1. The molecule has 2 fully saturated rings. The molecule has 2 saturated heterocycles. The third-order valence-corrected chi connectivity index (χ3v) is 8.28. The Morgan fingerprint density at radius 1 is 1.20 bits per heavy atom. The zero-order chi connectivity index (χ0) is 28.6. The predicted molar refractivity (Wildman–Crippen MR) is 153 cm³/mol. The molecule has 0 aliphatic carbocycles. The summed E-state index contributed by atoms with van der Waals surface area (Å²) in [4.78, 5) is 64.4. The van der Waals surface area contributed by atoms with Crippen molar-refractivity contribution in [3.63, 3.8) is 0 Å². The fourth-order valence-corrected chi connectivity index (χ4v) is 6.17. The van der Waals surface area contributed by atoms with E-state index in [1.807, 2.05) is 42.6 Å². The van der Waals surface area contributed by atoms with E-state index in [0.717, 1.165) is 11.3 Å². The Bertz CT molecular complexity index is 1240. The van der Waals surface area contributed by atoms with Gasteiger partial charge >= 0.3 is 0 Å². The van der Waals surface area contributed by atoms with E-state index in [-0.39, 0.29) is 42.1 Å². The molecule has 0 spiro atoms. The number of nitrogens with two attached hydrogens (primary N) is 2. The second-order valence-electron chi connectivity index (χ2n) is 10.2. The smallest absolute Gasteiger partial charge is 0.243 e. The summed E-state index contributed by atoms with van der Waals surface area (Å²) in [6.45, 7) is 2.64.